The van der Waals surface area contributed by atoms with Crippen molar-refractivity contribution in [3.8, 4) is 11.1 Å². The number of hydrogen-bond acceptors (Lipinski definition) is 3. The van der Waals surface area contributed by atoms with Gasteiger partial charge in [-0.25, -0.2) is 4.98 Å². The molecule has 0 unspecified atom stereocenters. The van der Waals surface area contributed by atoms with Crippen molar-refractivity contribution in [3.63, 3.8) is 0 Å². The van der Waals surface area contributed by atoms with Gasteiger partial charge >= 0.3 is 0 Å². The number of nitrogens with zero attached hydrogens (tertiary/aromatic N) is 1. The Morgan fingerprint density at radius 1 is 1.00 bits per heavy atom. The maximum Gasteiger partial charge on any atom is 0.214 e. The molecule has 3 aromatic rings. The molecule has 0 saturated carbocycles. The summed E-state index contributed by atoms with van der Waals surface area (Å²) in [4.78, 5) is 4.97. The first kappa shape index (κ1) is 12.8. The molecule has 100 valence electrons. The summed E-state index contributed by atoms with van der Waals surface area (Å²) in [6.45, 7) is 0.647. The highest BCUT2D eigenvalue weighted by Gasteiger charge is 2.03. The SMILES string of the molecule is Fc1cccc(NCc2cc(-c3ccccc3)cs2)n1. The van der Waals surface area contributed by atoms with Crippen LogP contribution in [0, 0.1) is 5.95 Å². The van der Waals surface area contributed by atoms with E-state index in [0.29, 0.717) is 12.4 Å². The first-order valence-electron chi connectivity index (χ1n) is 6.30. The Labute approximate surface area is 120 Å². The summed E-state index contributed by atoms with van der Waals surface area (Å²) in [5.74, 6) is 0.0887. The van der Waals surface area contributed by atoms with Crippen molar-refractivity contribution in [2.24, 2.45) is 0 Å². The largest absolute Gasteiger partial charge is 0.365 e. The monoisotopic (exact) mass is 284 g/mol. The lowest BCUT2D eigenvalue weighted by Gasteiger charge is -2.03. The van der Waals surface area contributed by atoms with Gasteiger partial charge in [-0.1, -0.05) is 36.4 Å². The number of benzene rings is 1. The highest BCUT2D eigenvalue weighted by atomic mass is 32.1. The van der Waals surface area contributed by atoms with Crippen molar-refractivity contribution in [1.82, 2.24) is 4.98 Å². The highest BCUT2D eigenvalue weighted by Crippen LogP contribution is 2.25. The molecule has 0 saturated heterocycles. The Hall–Kier alpha value is -2.20. The van der Waals surface area contributed by atoms with Crippen LogP contribution in [0.4, 0.5) is 10.2 Å². The third kappa shape index (κ3) is 3.03. The maximum absolute atomic E-state index is 13.0. The van der Waals surface area contributed by atoms with Crippen LogP contribution in [-0.4, -0.2) is 4.98 Å². The quantitative estimate of drug-likeness (QED) is 0.710. The third-order valence-corrected chi connectivity index (χ3v) is 3.86. The van der Waals surface area contributed by atoms with Gasteiger partial charge in [-0.3, -0.25) is 0 Å². The molecule has 1 N–H and O–H groups in total. The number of rotatable bonds is 4. The van der Waals surface area contributed by atoms with Crippen LogP contribution in [0.2, 0.25) is 0 Å². The van der Waals surface area contributed by atoms with Crippen LogP contribution >= 0.6 is 11.3 Å². The van der Waals surface area contributed by atoms with Crippen LogP contribution in [-0.2, 0) is 6.54 Å². The molecule has 2 heterocycles. The van der Waals surface area contributed by atoms with Crippen molar-refractivity contribution in [2.75, 3.05) is 5.32 Å². The zero-order chi connectivity index (χ0) is 13.8. The van der Waals surface area contributed by atoms with E-state index in [4.69, 9.17) is 0 Å². The zero-order valence-electron chi connectivity index (χ0n) is 10.7. The summed E-state index contributed by atoms with van der Waals surface area (Å²) in [6.07, 6.45) is 0. The summed E-state index contributed by atoms with van der Waals surface area (Å²) in [7, 11) is 0. The minimum atomic E-state index is -0.467. The second-order valence-corrected chi connectivity index (χ2v) is 5.36. The van der Waals surface area contributed by atoms with Gasteiger partial charge in [-0.15, -0.1) is 11.3 Å². The van der Waals surface area contributed by atoms with Crippen LogP contribution in [0.5, 0.6) is 0 Å². The number of pyridine rings is 1. The molecule has 4 heteroatoms. The molecule has 0 amide bonds. The lowest BCUT2D eigenvalue weighted by molar-refractivity contribution is 0.585. The van der Waals surface area contributed by atoms with Crippen molar-refractivity contribution < 1.29 is 4.39 Å². The summed E-state index contributed by atoms with van der Waals surface area (Å²) < 4.78 is 13.0. The van der Waals surface area contributed by atoms with E-state index in [2.05, 4.69) is 33.9 Å². The van der Waals surface area contributed by atoms with Crippen LogP contribution in [0.3, 0.4) is 0 Å². The predicted octanol–water partition coefficient (Wildman–Crippen LogP) is 4.56. The van der Waals surface area contributed by atoms with E-state index >= 15 is 0 Å². The molecule has 0 fully saturated rings. The molecule has 0 aliphatic heterocycles. The van der Waals surface area contributed by atoms with Crippen LogP contribution < -0.4 is 5.32 Å². The van der Waals surface area contributed by atoms with Gasteiger partial charge in [0.05, 0.1) is 6.54 Å². The molecule has 2 nitrogen and oxygen atoms in total. The lowest BCUT2D eigenvalue weighted by atomic mass is 10.1. The van der Waals surface area contributed by atoms with Crippen LogP contribution in [0.1, 0.15) is 4.88 Å². The number of thiophene rings is 1. The summed E-state index contributed by atoms with van der Waals surface area (Å²) >= 11 is 1.68. The fraction of sp³-hybridized carbons (Fsp3) is 0.0625. The Bertz CT molecular complexity index is 694. The molecule has 0 aliphatic carbocycles. The van der Waals surface area contributed by atoms with E-state index in [9.17, 15) is 4.39 Å². The van der Waals surface area contributed by atoms with E-state index < -0.39 is 5.95 Å². The van der Waals surface area contributed by atoms with Gasteiger partial charge in [0.1, 0.15) is 5.82 Å². The van der Waals surface area contributed by atoms with Gasteiger partial charge in [0.25, 0.3) is 0 Å². The first-order valence-corrected chi connectivity index (χ1v) is 7.18. The summed E-state index contributed by atoms with van der Waals surface area (Å²) in [5.41, 5.74) is 2.42. The molecular formula is C16H13FN2S. The summed E-state index contributed by atoms with van der Waals surface area (Å²) in [5, 5.41) is 5.26. The number of nitrogens with one attached hydrogen (secondary N) is 1. The Kier molecular flexibility index (Phi) is 3.74. The van der Waals surface area contributed by atoms with Crippen LogP contribution in [0.25, 0.3) is 11.1 Å². The van der Waals surface area contributed by atoms with Crippen molar-refractivity contribution >= 4 is 17.2 Å². The van der Waals surface area contributed by atoms with Crippen LogP contribution in [0.15, 0.2) is 60.0 Å². The molecule has 0 aliphatic rings. The number of aromatic nitrogens is 1. The smallest absolute Gasteiger partial charge is 0.214 e. The molecule has 1 aromatic carbocycles. The predicted molar refractivity (Wildman–Crippen MR) is 81.3 cm³/mol. The second kappa shape index (κ2) is 5.84. The molecule has 0 atom stereocenters. The Morgan fingerprint density at radius 2 is 1.85 bits per heavy atom. The fourth-order valence-electron chi connectivity index (χ4n) is 1.94. The van der Waals surface area contributed by atoms with E-state index in [1.54, 1.807) is 23.5 Å². The third-order valence-electron chi connectivity index (χ3n) is 2.92. The van der Waals surface area contributed by atoms with Gasteiger partial charge in [0, 0.05) is 4.88 Å². The topological polar surface area (TPSA) is 24.9 Å². The fourth-order valence-corrected chi connectivity index (χ4v) is 2.77. The summed E-state index contributed by atoms with van der Waals surface area (Å²) in [6, 6.07) is 17.1. The minimum absolute atomic E-state index is 0.467. The number of halogens is 1. The molecule has 0 radical (unpaired) electrons. The Morgan fingerprint density at radius 3 is 2.65 bits per heavy atom. The Balaban J connectivity index is 1.69. The molecule has 3 rings (SSSR count). The van der Waals surface area contributed by atoms with E-state index in [1.165, 1.54) is 22.1 Å². The molecule has 2 aromatic heterocycles. The standard InChI is InChI=1S/C16H13FN2S/c17-15-7-4-8-16(19-15)18-10-14-9-13(11-20-14)12-5-2-1-3-6-12/h1-9,11H,10H2,(H,18,19). The van der Waals surface area contributed by atoms with Gasteiger partial charge < -0.3 is 5.32 Å². The van der Waals surface area contributed by atoms with Gasteiger partial charge in [0.2, 0.25) is 5.95 Å². The van der Waals surface area contributed by atoms with E-state index in [0.717, 1.165) is 0 Å². The molecule has 0 spiro atoms. The molecular weight excluding hydrogens is 271 g/mol. The normalized spacial score (nSPS) is 10.4. The van der Waals surface area contributed by atoms with E-state index in [1.807, 2.05) is 18.2 Å². The lowest BCUT2D eigenvalue weighted by Crippen LogP contribution is -2.00. The van der Waals surface area contributed by atoms with Crippen molar-refractivity contribution in [3.05, 3.63) is 70.8 Å². The molecule has 20 heavy (non-hydrogen) atoms. The first-order chi connectivity index (χ1) is 9.81. The highest BCUT2D eigenvalue weighted by molar-refractivity contribution is 7.10. The zero-order valence-corrected chi connectivity index (χ0v) is 11.5. The number of hydrogen-bond donors (Lipinski definition) is 1. The van der Waals surface area contributed by atoms with E-state index in [-0.39, 0.29) is 0 Å². The second-order valence-electron chi connectivity index (χ2n) is 4.37. The van der Waals surface area contributed by atoms with Gasteiger partial charge in [0.15, 0.2) is 0 Å². The minimum Gasteiger partial charge on any atom is -0.365 e. The number of anilines is 1. The van der Waals surface area contributed by atoms with Gasteiger partial charge in [-0.05, 0) is 34.7 Å². The van der Waals surface area contributed by atoms with Gasteiger partial charge in [-0.2, -0.15) is 4.39 Å². The van der Waals surface area contributed by atoms with Crippen molar-refractivity contribution in [1.29, 1.82) is 0 Å². The molecule has 0 bridgehead atoms. The van der Waals surface area contributed by atoms with Crippen molar-refractivity contribution in [2.45, 2.75) is 6.54 Å². The average Bonchev–Trinajstić information content (AvgIpc) is 2.95. The maximum atomic E-state index is 13.0. The average molecular weight is 284 g/mol.